The van der Waals surface area contributed by atoms with E-state index in [-0.39, 0.29) is 12.0 Å². The Kier molecular flexibility index (Phi) is 4.29. The Hall–Kier alpha value is -1.66. The van der Waals surface area contributed by atoms with Crippen LogP contribution in [0.2, 0.25) is 0 Å². The van der Waals surface area contributed by atoms with E-state index in [1.54, 1.807) is 16.4 Å². The molecule has 1 fully saturated rings. The van der Waals surface area contributed by atoms with E-state index < -0.39 is 10.0 Å². The average molecular weight is 334 g/mol. The summed E-state index contributed by atoms with van der Waals surface area (Å²) in [5.41, 5.74) is 1.75. The van der Waals surface area contributed by atoms with Gasteiger partial charge in [-0.3, -0.25) is 0 Å². The number of benzene rings is 1. The van der Waals surface area contributed by atoms with Crippen LogP contribution in [0, 0.1) is 6.92 Å². The summed E-state index contributed by atoms with van der Waals surface area (Å²) in [5.74, 6) is 1.03. The number of aromatic nitrogens is 1. The third kappa shape index (κ3) is 3.05. The van der Waals surface area contributed by atoms with E-state index in [9.17, 15) is 8.42 Å². The van der Waals surface area contributed by atoms with Gasteiger partial charge in [-0.25, -0.2) is 8.42 Å². The lowest BCUT2D eigenvalue weighted by molar-refractivity contribution is 0.338. The molecular formula is C17H22N2O3S. The first kappa shape index (κ1) is 16.2. The Labute approximate surface area is 137 Å². The molecule has 2 aromatic rings. The van der Waals surface area contributed by atoms with E-state index in [2.05, 4.69) is 5.16 Å². The van der Waals surface area contributed by atoms with Gasteiger partial charge in [0.2, 0.25) is 10.0 Å². The Morgan fingerprint density at radius 2 is 1.96 bits per heavy atom. The maximum absolute atomic E-state index is 12.9. The van der Waals surface area contributed by atoms with E-state index in [4.69, 9.17) is 4.52 Å². The van der Waals surface area contributed by atoms with Gasteiger partial charge in [-0.1, -0.05) is 36.7 Å². The molecule has 23 heavy (non-hydrogen) atoms. The van der Waals surface area contributed by atoms with Crippen LogP contribution in [-0.4, -0.2) is 24.4 Å². The third-order valence-corrected chi connectivity index (χ3v) is 6.21. The van der Waals surface area contributed by atoms with Gasteiger partial charge in [0.25, 0.3) is 0 Å². The highest BCUT2D eigenvalue weighted by molar-refractivity contribution is 7.89. The molecule has 1 aromatic carbocycles. The number of hydrogen-bond acceptors (Lipinski definition) is 4. The molecule has 0 spiro atoms. The van der Waals surface area contributed by atoms with Gasteiger partial charge >= 0.3 is 0 Å². The lowest BCUT2D eigenvalue weighted by Crippen LogP contribution is -2.30. The predicted octanol–water partition coefficient (Wildman–Crippen LogP) is 3.63. The van der Waals surface area contributed by atoms with Crippen LogP contribution < -0.4 is 0 Å². The minimum absolute atomic E-state index is 0.236. The molecule has 5 nitrogen and oxygen atoms in total. The summed E-state index contributed by atoms with van der Waals surface area (Å²) in [6.45, 7) is 6.52. The largest absolute Gasteiger partial charge is 0.361 e. The summed E-state index contributed by atoms with van der Waals surface area (Å²) < 4.78 is 32.8. The van der Waals surface area contributed by atoms with Crippen molar-refractivity contribution in [2.24, 2.45) is 0 Å². The van der Waals surface area contributed by atoms with Gasteiger partial charge in [-0.2, -0.15) is 4.31 Å². The predicted molar refractivity (Wildman–Crippen MR) is 87.6 cm³/mol. The minimum Gasteiger partial charge on any atom is -0.361 e. The summed E-state index contributed by atoms with van der Waals surface area (Å²) >= 11 is 0. The summed E-state index contributed by atoms with van der Waals surface area (Å²) in [6, 6.07) is 8.64. The zero-order valence-corrected chi connectivity index (χ0v) is 14.5. The second-order valence-electron chi connectivity index (χ2n) is 6.40. The van der Waals surface area contributed by atoms with Gasteiger partial charge in [-0.05, 0) is 31.9 Å². The van der Waals surface area contributed by atoms with Crippen molar-refractivity contribution in [3.63, 3.8) is 0 Å². The van der Waals surface area contributed by atoms with Gasteiger partial charge < -0.3 is 4.52 Å². The lowest BCUT2D eigenvalue weighted by atomic mass is 10.1. The van der Waals surface area contributed by atoms with Crippen LogP contribution in [0.4, 0.5) is 0 Å². The molecule has 6 heteroatoms. The van der Waals surface area contributed by atoms with Gasteiger partial charge in [0, 0.05) is 18.5 Å². The molecule has 1 atom stereocenters. The fraction of sp³-hybridized carbons (Fsp3) is 0.471. The van der Waals surface area contributed by atoms with Crippen molar-refractivity contribution in [3.8, 4) is 0 Å². The van der Waals surface area contributed by atoms with E-state index in [0.29, 0.717) is 17.1 Å². The second-order valence-corrected chi connectivity index (χ2v) is 8.29. The molecular weight excluding hydrogens is 312 g/mol. The van der Waals surface area contributed by atoms with Crippen molar-refractivity contribution >= 4 is 10.0 Å². The first-order valence-corrected chi connectivity index (χ1v) is 9.38. The first-order chi connectivity index (χ1) is 10.9. The molecule has 1 aliphatic rings. The van der Waals surface area contributed by atoms with E-state index in [1.165, 1.54) is 0 Å². The van der Waals surface area contributed by atoms with Gasteiger partial charge in [0.05, 0.1) is 10.9 Å². The van der Waals surface area contributed by atoms with Crippen LogP contribution in [0.3, 0.4) is 0 Å². The normalized spacial score (nSPS) is 19.6. The maximum Gasteiger partial charge on any atom is 0.243 e. The van der Waals surface area contributed by atoms with Crippen molar-refractivity contribution in [1.29, 1.82) is 0 Å². The van der Waals surface area contributed by atoms with Crippen molar-refractivity contribution < 1.29 is 12.9 Å². The zero-order valence-electron chi connectivity index (χ0n) is 13.7. The standard InChI is InChI=1S/C17H22N2O3S/c1-12(2)17-11-15(18-22-17)16-5-4-10-19(16)23(20,21)14-8-6-13(3)7-9-14/h6-9,11-12,16H,4-5,10H2,1-3H3/t16-/m1/s1. The van der Waals surface area contributed by atoms with E-state index in [0.717, 1.165) is 24.2 Å². The monoisotopic (exact) mass is 334 g/mol. The Morgan fingerprint density at radius 3 is 2.57 bits per heavy atom. The molecule has 0 N–H and O–H groups in total. The highest BCUT2D eigenvalue weighted by atomic mass is 32.2. The lowest BCUT2D eigenvalue weighted by Gasteiger charge is -2.22. The van der Waals surface area contributed by atoms with Crippen LogP contribution in [0.15, 0.2) is 39.8 Å². The smallest absolute Gasteiger partial charge is 0.243 e. The molecule has 3 rings (SSSR count). The topological polar surface area (TPSA) is 63.4 Å². The fourth-order valence-corrected chi connectivity index (χ4v) is 4.57. The van der Waals surface area contributed by atoms with Crippen LogP contribution in [0.25, 0.3) is 0 Å². The Morgan fingerprint density at radius 1 is 1.26 bits per heavy atom. The molecule has 0 amide bonds. The van der Waals surface area contributed by atoms with Gasteiger partial charge in [-0.15, -0.1) is 0 Å². The van der Waals surface area contributed by atoms with Crippen LogP contribution in [-0.2, 0) is 10.0 Å². The molecule has 1 aromatic heterocycles. The van der Waals surface area contributed by atoms with E-state index >= 15 is 0 Å². The highest BCUT2D eigenvalue weighted by Gasteiger charge is 2.37. The van der Waals surface area contributed by atoms with Crippen molar-refractivity contribution in [1.82, 2.24) is 9.46 Å². The van der Waals surface area contributed by atoms with Crippen LogP contribution >= 0.6 is 0 Å². The number of rotatable bonds is 4. The Balaban J connectivity index is 1.92. The molecule has 0 radical (unpaired) electrons. The first-order valence-electron chi connectivity index (χ1n) is 7.94. The molecule has 0 saturated carbocycles. The molecule has 2 heterocycles. The quantitative estimate of drug-likeness (QED) is 0.856. The number of nitrogens with zero attached hydrogens (tertiary/aromatic N) is 2. The second kappa shape index (κ2) is 6.09. The highest BCUT2D eigenvalue weighted by Crippen LogP contribution is 2.36. The van der Waals surface area contributed by atoms with Gasteiger partial charge in [0.1, 0.15) is 11.5 Å². The molecule has 0 unspecified atom stereocenters. The average Bonchev–Trinajstić information content (AvgIpc) is 3.16. The zero-order chi connectivity index (χ0) is 16.6. The SMILES string of the molecule is Cc1ccc(S(=O)(=O)N2CCC[C@@H]2c2cc(C(C)C)on2)cc1. The molecule has 1 aliphatic heterocycles. The summed E-state index contributed by atoms with van der Waals surface area (Å²) in [7, 11) is -3.51. The summed E-state index contributed by atoms with van der Waals surface area (Å²) in [6.07, 6.45) is 1.61. The number of hydrogen-bond donors (Lipinski definition) is 0. The van der Waals surface area contributed by atoms with Crippen LogP contribution in [0.1, 0.15) is 55.7 Å². The molecule has 0 aliphatic carbocycles. The molecule has 124 valence electrons. The molecule has 0 bridgehead atoms. The molecule has 1 saturated heterocycles. The summed E-state index contributed by atoms with van der Waals surface area (Å²) in [4.78, 5) is 0.336. The Bertz CT molecular complexity index is 778. The van der Waals surface area contributed by atoms with Gasteiger partial charge in [0.15, 0.2) is 0 Å². The number of sulfonamides is 1. The van der Waals surface area contributed by atoms with Crippen molar-refractivity contribution in [3.05, 3.63) is 47.3 Å². The number of aryl methyl sites for hydroxylation is 1. The van der Waals surface area contributed by atoms with Crippen molar-refractivity contribution in [2.45, 2.75) is 50.5 Å². The minimum atomic E-state index is -3.51. The fourth-order valence-electron chi connectivity index (χ4n) is 2.90. The van der Waals surface area contributed by atoms with E-state index in [1.807, 2.05) is 39.0 Å². The van der Waals surface area contributed by atoms with Crippen LogP contribution in [0.5, 0.6) is 0 Å². The maximum atomic E-state index is 12.9. The van der Waals surface area contributed by atoms with Crippen molar-refractivity contribution in [2.75, 3.05) is 6.54 Å². The summed E-state index contributed by atoms with van der Waals surface area (Å²) in [5, 5.41) is 4.11. The third-order valence-electron chi connectivity index (χ3n) is 4.29.